The Kier molecular flexibility index (Phi) is 7.01. The first-order chi connectivity index (χ1) is 8.29. The highest BCUT2D eigenvalue weighted by molar-refractivity contribution is 6.32. The standard InChI is InChI=1S/C13H20ClNO2/c1-3-16-8-5-9-17-13-11(10-15-2)6-4-7-12(13)14/h4,6-7,15H,3,5,8-10H2,1-2H3. The third-order valence-corrected chi connectivity index (χ3v) is 2.60. The maximum atomic E-state index is 6.12. The Labute approximate surface area is 108 Å². The molecule has 0 aliphatic carbocycles. The molecule has 17 heavy (non-hydrogen) atoms. The van der Waals surface area contributed by atoms with Crippen LogP contribution in [-0.2, 0) is 11.3 Å². The summed E-state index contributed by atoms with van der Waals surface area (Å²) in [5.41, 5.74) is 1.08. The summed E-state index contributed by atoms with van der Waals surface area (Å²) in [5, 5.41) is 3.76. The van der Waals surface area contributed by atoms with Crippen LogP contribution in [0, 0.1) is 0 Å². The molecule has 0 amide bonds. The number of rotatable bonds is 8. The van der Waals surface area contributed by atoms with Crippen LogP contribution in [0.2, 0.25) is 5.02 Å². The van der Waals surface area contributed by atoms with Gasteiger partial charge in [-0.2, -0.15) is 0 Å². The third-order valence-electron chi connectivity index (χ3n) is 2.30. The summed E-state index contributed by atoms with van der Waals surface area (Å²) in [6.07, 6.45) is 0.873. The van der Waals surface area contributed by atoms with Crippen molar-refractivity contribution in [1.29, 1.82) is 0 Å². The summed E-state index contributed by atoms with van der Waals surface area (Å²) in [5.74, 6) is 0.778. The van der Waals surface area contributed by atoms with Gasteiger partial charge in [0.05, 0.1) is 11.6 Å². The molecule has 4 heteroatoms. The minimum absolute atomic E-state index is 0.625. The summed E-state index contributed by atoms with van der Waals surface area (Å²) in [6.45, 7) is 4.83. The number of nitrogens with one attached hydrogen (secondary N) is 1. The largest absolute Gasteiger partial charge is 0.492 e. The van der Waals surface area contributed by atoms with E-state index < -0.39 is 0 Å². The van der Waals surface area contributed by atoms with Gasteiger partial charge in [0.15, 0.2) is 0 Å². The fourth-order valence-electron chi connectivity index (χ4n) is 1.52. The number of hydrogen-bond acceptors (Lipinski definition) is 3. The molecule has 0 unspecified atom stereocenters. The van der Waals surface area contributed by atoms with Crippen molar-refractivity contribution in [3.63, 3.8) is 0 Å². The predicted molar refractivity (Wildman–Crippen MR) is 70.8 cm³/mol. The van der Waals surface area contributed by atoms with Crippen LogP contribution in [0.3, 0.4) is 0 Å². The van der Waals surface area contributed by atoms with Crippen molar-refractivity contribution in [2.24, 2.45) is 0 Å². The van der Waals surface area contributed by atoms with Crippen molar-refractivity contribution < 1.29 is 9.47 Å². The molecule has 0 saturated heterocycles. The molecule has 0 aliphatic rings. The molecule has 0 heterocycles. The van der Waals surface area contributed by atoms with Gasteiger partial charge < -0.3 is 14.8 Å². The van der Waals surface area contributed by atoms with Crippen LogP contribution in [0.1, 0.15) is 18.9 Å². The molecule has 0 fully saturated rings. The van der Waals surface area contributed by atoms with Gasteiger partial charge in [-0.15, -0.1) is 0 Å². The Bertz CT molecular complexity index is 331. The van der Waals surface area contributed by atoms with Crippen molar-refractivity contribution in [3.05, 3.63) is 28.8 Å². The molecule has 0 spiro atoms. The molecule has 0 aromatic heterocycles. The Morgan fingerprint density at radius 1 is 1.29 bits per heavy atom. The van der Waals surface area contributed by atoms with E-state index in [1.807, 2.05) is 32.2 Å². The topological polar surface area (TPSA) is 30.5 Å². The highest BCUT2D eigenvalue weighted by Gasteiger charge is 2.07. The number of halogens is 1. The van der Waals surface area contributed by atoms with E-state index in [2.05, 4.69) is 5.32 Å². The second-order valence-corrected chi connectivity index (χ2v) is 4.06. The van der Waals surface area contributed by atoms with Gasteiger partial charge in [-0.3, -0.25) is 0 Å². The molecular formula is C13H20ClNO2. The summed E-state index contributed by atoms with van der Waals surface area (Å²) < 4.78 is 11.0. The first kappa shape index (κ1) is 14.3. The lowest BCUT2D eigenvalue weighted by Crippen LogP contribution is -2.09. The Balaban J connectivity index is 2.50. The van der Waals surface area contributed by atoms with E-state index in [0.29, 0.717) is 11.6 Å². The lowest BCUT2D eigenvalue weighted by atomic mass is 10.2. The second-order valence-electron chi connectivity index (χ2n) is 3.66. The number of benzene rings is 1. The minimum atomic E-state index is 0.625. The van der Waals surface area contributed by atoms with Crippen LogP contribution < -0.4 is 10.1 Å². The lowest BCUT2D eigenvalue weighted by Gasteiger charge is -2.12. The zero-order chi connectivity index (χ0) is 12.5. The average molecular weight is 258 g/mol. The van der Waals surface area contributed by atoms with Crippen LogP contribution in [0.25, 0.3) is 0 Å². The van der Waals surface area contributed by atoms with E-state index in [1.165, 1.54) is 0 Å². The van der Waals surface area contributed by atoms with Gasteiger partial charge in [0, 0.05) is 31.7 Å². The quantitative estimate of drug-likeness (QED) is 0.727. The Morgan fingerprint density at radius 2 is 2.12 bits per heavy atom. The predicted octanol–water partition coefficient (Wildman–Crippen LogP) is 2.86. The zero-order valence-corrected chi connectivity index (χ0v) is 11.2. The van der Waals surface area contributed by atoms with Crippen LogP contribution in [0.4, 0.5) is 0 Å². The van der Waals surface area contributed by atoms with Crippen molar-refractivity contribution in [3.8, 4) is 5.75 Å². The van der Waals surface area contributed by atoms with Gasteiger partial charge in [-0.1, -0.05) is 23.7 Å². The van der Waals surface area contributed by atoms with E-state index in [-0.39, 0.29) is 0 Å². The van der Waals surface area contributed by atoms with E-state index in [9.17, 15) is 0 Å². The van der Waals surface area contributed by atoms with Crippen molar-refractivity contribution >= 4 is 11.6 Å². The highest BCUT2D eigenvalue weighted by Crippen LogP contribution is 2.28. The van der Waals surface area contributed by atoms with Gasteiger partial charge >= 0.3 is 0 Å². The lowest BCUT2D eigenvalue weighted by molar-refractivity contribution is 0.130. The minimum Gasteiger partial charge on any atom is -0.492 e. The molecule has 1 aromatic rings. The van der Waals surface area contributed by atoms with Gasteiger partial charge in [0.2, 0.25) is 0 Å². The van der Waals surface area contributed by atoms with E-state index >= 15 is 0 Å². The maximum Gasteiger partial charge on any atom is 0.142 e. The fraction of sp³-hybridized carbons (Fsp3) is 0.538. The molecule has 0 radical (unpaired) electrons. The smallest absolute Gasteiger partial charge is 0.142 e. The van der Waals surface area contributed by atoms with Crippen LogP contribution in [0.15, 0.2) is 18.2 Å². The van der Waals surface area contributed by atoms with Gasteiger partial charge in [-0.25, -0.2) is 0 Å². The van der Waals surface area contributed by atoms with Crippen molar-refractivity contribution in [1.82, 2.24) is 5.32 Å². The fourth-order valence-corrected chi connectivity index (χ4v) is 1.77. The highest BCUT2D eigenvalue weighted by atomic mass is 35.5. The van der Waals surface area contributed by atoms with Crippen LogP contribution >= 0.6 is 11.6 Å². The number of para-hydroxylation sites is 1. The SMILES string of the molecule is CCOCCCOc1c(Cl)cccc1CNC. The molecule has 1 rings (SSSR count). The Morgan fingerprint density at radius 3 is 2.82 bits per heavy atom. The monoisotopic (exact) mass is 257 g/mol. The van der Waals surface area contributed by atoms with Crippen molar-refractivity contribution in [2.45, 2.75) is 19.9 Å². The first-order valence-corrected chi connectivity index (χ1v) is 6.30. The van der Waals surface area contributed by atoms with Crippen LogP contribution in [-0.4, -0.2) is 26.9 Å². The summed E-state index contributed by atoms with van der Waals surface area (Å²) >= 11 is 6.12. The molecule has 1 N–H and O–H groups in total. The second kappa shape index (κ2) is 8.34. The molecule has 1 aromatic carbocycles. The number of hydrogen-bond donors (Lipinski definition) is 1. The third kappa shape index (κ3) is 4.94. The van der Waals surface area contributed by atoms with E-state index in [1.54, 1.807) is 0 Å². The molecule has 0 atom stereocenters. The average Bonchev–Trinajstić information content (AvgIpc) is 2.32. The molecule has 0 saturated carbocycles. The van der Waals surface area contributed by atoms with Crippen molar-refractivity contribution in [2.75, 3.05) is 26.9 Å². The molecule has 96 valence electrons. The maximum absolute atomic E-state index is 6.12. The van der Waals surface area contributed by atoms with Gasteiger partial charge in [0.1, 0.15) is 5.75 Å². The molecule has 0 aliphatic heterocycles. The summed E-state index contributed by atoms with van der Waals surface area (Å²) in [6, 6.07) is 5.79. The normalized spacial score (nSPS) is 10.5. The van der Waals surface area contributed by atoms with Gasteiger partial charge in [-0.05, 0) is 20.0 Å². The number of ether oxygens (including phenoxy) is 2. The van der Waals surface area contributed by atoms with Crippen LogP contribution in [0.5, 0.6) is 5.75 Å². The molecule has 3 nitrogen and oxygen atoms in total. The first-order valence-electron chi connectivity index (χ1n) is 5.92. The Hall–Kier alpha value is -0.770. The van der Waals surface area contributed by atoms with Gasteiger partial charge in [0.25, 0.3) is 0 Å². The van der Waals surface area contributed by atoms with E-state index in [0.717, 1.165) is 37.5 Å². The molecular weight excluding hydrogens is 238 g/mol. The summed E-state index contributed by atoms with van der Waals surface area (Å²) in [7, 11) is 1.90. The summed E-state index contributed by atoms with van der Waals surface area (Å²) in [4.78, 5) is 0. The zero-order valence-electron chi connectivity index (χ0n) is 10.5. The van der Waals surface area contributed by atoms with E-state index in [4.69, 9.17) is 21.1 Å². The molecule has 0 bridgehead atoms.